The molecule has 0 saturated carbocycles. The summed E-state index contributed by atoms with van der Waals surface area (Å²) in [4.78, 5) is 34.6. The average molecular weight is 485 g/mol. The molecule has 34 heavy (non-hydrogen) atoms. The number of anilines is 1. The van der Waals surface area contributed by atoms with Gasteiger partial charge in [0.1, 0.15) is 16.4 Å². The maximum atomic E-state index is 12.7. The zero-order chi connectivity index (χ0) is 24.3. The Balaban J connectivity index is 1.43. The number of benzene rings is 1. The smallest absolute Gasteiger partial charge is 0.408 e. The van der Waals surface area contributed by atoms with Crippen molar-refractivity contribution in [2.45, 2.75) is 63.1 Å². The number of amides is 1. The first-order valence-corrected chi connectivity index (χ1v) is 12.6. The van der Waals surface area contributed by atoms with Gasteiger partial charge in [-0.05, 0) is 51.2 Å². The number of carbonyl (C=O) groups is 2. The lowest BCUT2D eigenvalue weighted by Crippen LogP contribution is -2.47. The second-order valence-electron chi connectivity index (χ2n) is 10.0. The Bertz CT molecular complexity index is 1030. The van der Waals surface area contributed by atoms with E-state index >= 15 is 0 Å². The molecule has 2 heterocycles. The number of carbonyl (C=O) groups excluding carboxylic acids is 1. The van der Waals surface area contributed by atoms with Crippen LogP contribution in [0.2, 0.25) is 0 Å². The van der Waals surface area contributed by atoms with Crippen molar-refractivity contribution in [3.8, 4) is 0 Å². The molecule has 0 unspecified atom stereocenters. The van der Waals surface area contributed by atoms with Crippen LogP contribution in [0.1, 0.15) is 57.2 Å². The van der Waals surface area contributed by atoms with Crippen LogP contribution in [0.3, 0.4) is 0 Å². The van der Waals surface area contributed by atoms with Gasteiger partial charge in [0.15, 0.2) is 0 Å². The Morgan fingerprint density at radius 3 is 2.59 bits per heavy atom. The molecule has 182 valence electrons. The lowest BCUT2D eigenvalue weighted by molar-refractivity contribution is -0.136. The minimum atomic E-state index is -0.812. The zero-order valence-electron chi connectivity index (χ0n) is 19.9. The first kappa shape index (κ1) is 24.3. The molecule has 2 aromatic rings. The van der Waals surface area contributed by atoms with E-state index < -0.39 is 11.6 Å². The fraction of sp³-hybridized carbons (Fsp3) is 0.520. The Labute approximate surface area is 204 Å². The molecule has 1 saturated heterocycles. The standard InChI is InChI=1S/C25H32N4O4S/c1-24(2,3)33-23(32)28-22-18-7-5-4-6-17(18)14-25(22)9-11-29(12-10-25)19-15-27-20(16-26-19)34-13-8-21(30)31/h4-7,15-16,22H,8-14H2,1-3H3,(H,28,32)(H,30,31)/t22-/m1/s1. The molecule has 1 aromatic heterocycles. The number of hydrogen-bond donors (Lipinski definition) is 2. The number of ether oxygens (including phenoxy) is 1. The third-order valence-corrected chi connectivity index (χ3v) is 7.36. The van der Waals surface area contributed by atoms with Crippen LogP contribution >= 0.6 is 11.8 Å². The molecule has 8 nitrogen and oxygen atoms in total. The summed E-state index contributed by atoms with van der Waals surface area (Å²) < 4.78 is 5.58. The molecule has 1 aliphatic carbocycles. The van der Waals surface area contributed by atoms with Gasteiger partial charge in [-0.3, -0.25) is 4.79 Å². The fourth-order valence-electron chi connectivity index (χ4n) is 4.88. The SMILES string of the molecule is CC(C)(C)OC(=O)N[C@@H]1c2ccccc2CC12CCN(c1cnc(SCCC(=O)O)cn1)CC2. The second kappa shape index (κ2) is 9.82. The summed E-state index contributed by atoms with van der Waals surface area (Å²) in [5.41, 5.74) is 1.87. The van der Waals surface area contributed by atoms with E-state index in [-0.39, 0.29) is 24.0 Å². The number of piperidine rings is 1. The van der Waals surface area contributed by atoms with Gasteiger partial charge in [-0.15, -0.1) is 11.8 Å². The number of aliphatic carboxylic acids is 1. The molecule has 2 N–H and O–H groups in total. The highest BCUT2D eigenvalue weighted by Crippen LogP contribution is 2.52. The van der Waals surface area contributed by atoms with Gasteiger partial charge >= 0.3 is 12.1 Å². The van der Waals surface area contributed by atoms with E-state index in [1.807, 2.05) is 26.8 Å². The van der Waals surface area contributed by atoms with Gasteiger partial charge < -0.3 is 20.1 Å². The molecule has 1 spiro atoms. The number of carboxylic acids is 1. The van der Waals surface area contributed by atoms with Crippen molar-refractivity contribution in [1.29, 1.82) is 0 Å². The van der Waals surface area contributed by atoms with Gasteiger partial charge in [0.2, 0.25) is 0 Å². The molecular weight excluding hydrogens is 452 g/mol. The van der Waals surface area contributed by atoms with E-state index in [9.17, 15) is 9.59 Å². The zero-order valence-corrected chi connectivity index (χ0v) is 20.7. The fourth-order valence-corrected chi connectivity index (χ4v) is 5.62. The average Bonchev–Trinajstić information content (AvgIpc) is 3.06. The van der Waals surface area contributed by atoms with Crippen LogP contribution in [-0.4, -0.2) is 51.6 Å². The van der Waals surface area contributed by atoms with E-state index in [1.165, 1.54) is 22.9 Å². The van der Waals surface area contributed by atoms with Gasteiger partial charge in [-0.25, -0.2) is 14.8 Å². The third kappa shape index (κ3) is 5.63. The van der Waals surface area contributed by atoms with Crippen LogP contribution in [0, 0.1) is 5.41 Å². The maximum Gasteiger partial charge on any atom is 0.408 e. The number of fused-ring (bicyclic) bond motifs is 1. The third-order valence-electron chi connectivity index (χ3n) is 6.45. The quantitative estimate of drug-likeness (QED) is 0.580. The lowest BCUT2D eigenvalue weighted by Gasteiger charge is -2.43. The highest BCUT2D eigenvalue weighted by Gasteiger charge is 2.48. The van der Waals surface area contributed by atoms with Crippen LogP contribution in [0.5, 0.6) is 0 Å². The summed E-state index contributed by atoms with van der Waals surface area (Å²) >= 11 is 1.40. The van der Waals surface area contributed by atoms with Crippen LogP contribution in [-0.2, 0) is 16.0 Å². The molecule has 1 atom stereocenters. The minimum absolute atomic E-state index is 0.0584. The number of aromatic nitrogens is 2. The van der Waals surface area contributed by atoms with Crippen molar-refractivity contribution in [2.75, 3.05) is 23.7 Å². The number of rotatable bonds is 6. The number of thioether (sulfide) groups is 1. The highest BCUT2D eigenvalue weighted by atomic mass is 32.2. The summed E-state index contributed by atoms with van der Waals surface area (Å²) in [7, 11) is 0. The van der Waals surface area contributed by atoms with Gasteiger partial charge in [-0.1, -0.05) is 24.3 Å². The second-order valence-corrected chi connectivity index (χ2v) is 11.1. The van der Waals surface area contributed by atoms with E-state index in [1.54, 1.807) is 12.4 Å². The topological polar surface area (TPSA) is 105 Å². The Morgan fingerprint density at radius 1 is 1.21 bits per heavy atom. The lowest BCUT2D eigenvalue weighted by atomic mass is 9.72. The molecule has 0 bridgehead atoms. The first-order chi connectivity index (χ1) is 16.2. The number of nitrogens with one attached hydrogen (secondary N) is 1. The Morgan fingerprint density at radius 2 is 1.94 bits per heavy atom. The molecule has 1 fully saturated rings. The molecule has 1 aromatic carbocycles. The summed E-state index contributed by atoms with van der Waals surface area (Å²) in [5, 5.41) is 12.7. The van der Waals surface area contributed by atoms with Crippen LogP contribution in [0.25, 0.3) is 0 Å². The first-order valence-electron chi connectivity index (χ1n) is 11.6. The molecule has 1 amide bonds. The molecule has 9 heteroatoms. The summed E-state index contributed by atoms with van der Waals surface area (Å²) in [5.74, 6) is 0.486. The largest absolute Gasteiger partial charge is 0.481 e. The Kier molecular flexibility index (Phi) is 7.02. The van der Waals surface area contributed by atoms with Gasteiger partial charge in [-0.2, -0.15) is 0 Å². The van der Waals surface area contributed by atoms with E-state index in [0.29, 0.717) is 5.75 Å². The number of alkyl carbamates (subject to hydrolysis) is 1. The van der Waals surface area contributed by atoms with E-state index in [2.05, 4.69) is 38.4 Å². The van der Waals surface area contributed by atoms with Crippen LogP contribution in [0.15, 0.2) is 41.7 Å². The Hall–Kier alpha value is -2.81. The van der Waals surface area contributed by atoms with E-state index in [0.717, 1.165) is 43.2 Å². The van der Waals surface area contributed by atoms with Crippen molar-refractivity contribution in [2.24, 2.45) is 5.41 Å². The minimum Gasteiger partial charge on any atom is -0.481 e. The number of nitrogens with zero attached hydrogens (tertiary/aromatic N) is 3. The van der Waals surface area contributed by atoms with Crippen molar-refractivity contribution in [1.82, 2.24) is 15.3 Å². The van der Waals surface area contributed by atoms with Crippen molar-refractivity contribution < 1.29 is 19.4 Å². The molecule has 2 aliphatic rings. The van der Waals surface area contributed by atoms with E-state index in [4.69, 9.17) is 9.84 Å². The van der Waals surface area contributed by atoms with Crippen LogP contribution in [0.4, 0.5) is 10.6 Å². The van der Waals surface area contributed by atoms with Crippen molar-refractivity contribution in [3.05, 3.63) is 47.8 Å². The van der Waals surface area contributed by atoms with Crippen molar-refractivity contribution in [3.63, 3.8) is 0 Å². The molecule has 4 rings (SSSR count). The predicted octanol–water partition coefficient (Wildman–Crippen LogP) is 4.45. The van der Waals surface area contributed by atoms with Gasteiger partial charge in [0, 0.05) is 24.3 Å². The van der Waals surface area contributed by atoms with Crippen LogP contribution < -0.4 is 10.2 Å². The van der Waals surface area contributed by atoms with Gasteiger partial charge in [0.25, 0.3) is 0 Å². The summed E-state index contributed by atoms with van der Waals surface area (Å²) in [6.45, 7) is 7.27. The molecule has 1 aliphatic heterocycles. The number of hydrogen-bond acceptors (Lipinski definition) is 7. The maximum absolute atomic E-state index is 12.7. The molecule has 0 radical (unpaired) electrons. The molecular formula is C25H32N4O4S. The van der Waals surface area contributed by atoms with Crippen molar-refractivity contribution >= 4 is 29.6 Å². The van der Waals surface area contributed by atoms with Gasteiger partial charge in [0.05, 0.1) is 24.9 Å². The highest BCUT2D eigenvalue weighted by molar-refractivity contribution is 7.99. The summed E-state index contributed by atoms with van der Waals surface area (Å²) in [6.07, 6.45) is 5.97. The predicted molar refractivity (Wildman–Crippen MR) is 131 cm³/mol. The summed E-state index contributed by atoms with van der Waals surface area (Å²) in [6, 6.07) is 8.28. The monoisotopic (exact) mass is 484 g/mol. The number of carboxylic acid groups (broad SMARTS) is 1. The normalized spacial score (nSPS) is 19.0.